The molecule has 1 aromatic carbocycles. The van der Waals surface area contributed by atoms with E-state index in [1.165, 1.54) is 0 Å². The minimum Gasteiger partial charge on any atom is -0.395 e. The molecule has 1 amide bonds. The summed E-state index contributed by atoms with van der Waals surface area (Å²) in [5.74, 6) is 5.65. The SMILES string of the molecule is O=C(NCc1ccccc1C#CCCO)c1cc(Cl)c[nH]1. The zero-order valence-electron chi connectivity index (χ0n) is 11.3. The molecular formula is C16H15ClN2O2. The van der Waals surface area contributed by atoms with Gasteiger partial charge in [-0.15, -0.1) is 0 Å². The summed E-state index contributed by atoms with van der Waals surface area (Å²) < 4.78 is 0. The maximum absolute atomic E-state index is 11.9. The quantitative estimate of drug-likeness (QED) is 0.759. The largest absolute Gasteiger partial charge is 0.395 e. The van der Waals surface area contributed by atoms with Crippen molar-refractivity contribution in [1.29, 1.82) is 0 Å². The van der Waals surface area contributed by atoms with E-state index in [4.69, 9.17) is 16.7 Å². The van der Waals surface area contributed by atoms with Crippen molar-refractivity contribution in [2.24, 2.45) is 0 Å². The number of halogens is 1. The monoisotopic (exact) mass is 302 g/mol. The Hall–Kier alpha value is -2.22. The molecule has 0 spiro atoms. The van der Waals surface area contributed by atoms with Gasteiger partial charge in [-0.2, -0.15) is 0 Å². The number of benzene rings is 1. The second-order valence-corrected chi connectivity index (χ2v) is 4.78. The fraction of sp³-hybridized carbons (Fsp3) is 0.188. The van der Waals surface area contributed by atoms with Gasteiger partial charge < -0.3 is 15.4 Å². The van der Waals surface area contributed by atoms with E-state index in [1.54, 1.807) is 12.3 Å². The molecule has 0 unspecified atom stereocenters. The Morgan fingerprint density at radius 2 is 2.19 bits per heavy atom. The maximum Gasteiger partial charge on any atom is 0.268 e. The van der Waals surface area contributed by atoms with Crippen molar-refractivity contribution in [3.05, 3.63) is 58.4 Å². The molecule has 1 heterocycles. The van der Waals surface area contributed by atoms with E-state index in [2.05, 4.69) is 22.1 Å². The van der Waals surface area contributed by atoms with Crippen LogP contribution in [0.2, 0.25) is 5.02 Å². The highest BCUT2D eigenvalue weighted by atomic mass is 35.5. The van der Waals surface area contributed by atoms with Crippen LogP contribution >= 0.6 is 11.6 Å². The highest BCUT2D eigenvalue weighted by Crippen LogP contribution is 2.10. The van der Waals surface area contributed by atoms with Crippen LogP contribution in [-0.2, 0) is 6.54 Å². The topological polar surface area (TPSA) is 65.1 Å². The van der Waals surface area contributed by atoms with Gasteiger partial charge in [-0.25, -0.2) is 0 Å². The first kappa shape index (κ1) is 15.2. The number of hydrogen-bond donors (Lipinski definition) is 3. The van der Waals surface area contributed by atoms with E-state index in [9.17, 15) is 4.79 Å². The number of aliphatic hydroxyl groups is 1. The van der Waals surface area contributed by atoms with E-state index in [1.807, 2.05) is 24.3 Å². The fourth-order valence-corrected chi connectivity index (χ4v) is 1.94. The average molecular weight is 303 g/mol. The van der Waals surface area contributed by atoms with Crippen LogP contribution in [-0.4, -0.2) is 22.6 Å². The standard InChI is InChI=1S/C16H15ClN2O2/c17-14-9-15(18-11-14)16(21)19-10-13-7-2-1-5-12(13)6-3-4-8-20/h1-2,5,7,9,11,18,20H,4,8,10H2,(H,19,21). The van der Waals surface area contributed by atoms with Crippen molar-refractivity contribution in [2.45, 2.75) is 13.0 Å². The fourth-order valence-electron chi connectivity index (χ4n) is 1.78. The summed E-state index contributed by atoms with van der Waals surface area (Å²) in [5.41, 5.74) is 2.19. The minimum atomic E-state index is -0.222. The number of aliphatic hydroxyl groups excluding tert-OH is 1. The van der Waals surface area contributed by atoms with Crippen LogP contribution in [0.15, 0.2) is 36.5 Å². The summed E-state index contributed by atoms with van der Waals surface area (Å²) in [6, 6.07) is 9.15. The van der Waals surface area contributed by atoms with Crippen LogP contribution in [0.5, 0.6) is 0 Å². The molecule has 0 saturated carbocycles. The average Bonchev–Trinajstić information content (AvgIpc) is 2.93. The lowest BCUT2D eigenvalue weighted by atomic mass is 10.1. The summed E-state index contributed by atoms with van der Waals surface area (Å²) in [7, 11) is 0. The van der Waals surface area contributed by atoms with Gasteiger partial charge in [0.25, 0.3) is 5.91 Å². The minimum absolute atomic E-state index is 0.0412. The zero-order chi connectivity index (χ0) is 15.1. The molecule has 4 nitrogen and oxygen atoms in total. The molecule has 2 aromatic rings. The third-order valence-corrected chi connectivity index (χ3v) is 3.03. The van der Waals surface area contributed by atoms with Crippen molar-refractivity contribution in [2.75, 3.05) is 6.61 Å². The first-order valence-electron chi connectivity index (χ1n) is 6.50. The molecule has 21 heavy (non-hydrogen) atoms. The maximum atomic E-state index is 11.9. The van der Waals surface area contributed by atoms with Gasteiger partial charge in [-0.05, 0) is 17.7 Å². The Kier molecular flexibility index (Phi) is 5.44. The number of amides is 1. The lowest BCUT2D eigenvalue weighted by Crippen LogP contribution is -2.23. The molecule has 0 atom stereocenters. The predicted molar refractivity (Wildman–Crippen MR) is 82.0 cm³/mol. The number of nitrogens with one attached hydrogen (secondary N) is 2. The lowest BCUT2D eigenvalue weighted by molar-refractivity contribution is 0.0946. The van der Waals surface area contributed by atoms with E-state index in [0.717, 1.165) is 11.1 Å². The van der Waals surface area contributed by atoms with Gasteiger partial charge in [0.15, 0.2) is 0 Å². The molecule has 5 heteroatoms. The molecule has 0 aliphatic carbocycles. The Bertz CT molecular complexity index is 683. The van der Waals surface area contributed by atoms with E-state index < -0.39 is 0 Å². The van der Waals surface area contributed by atoms with Crippen molar-refractivity contribution in [1.82, 2.24) is 10.3 Å². The van der Waals surface area contributed by atoms with Gasteiger partial charge in [0.2, 0.25) is 0 Å². The van der Waals surface area contributed by atoms with E-state index >= 15 is 0 Å². The van der Waals surface area contributed by atoms with E-state index in [0.29, 0.717) is 23.7 Å². The Balaban J connectivity index is 2.03. The molecule has 0 saturated heterocycles. The molecule has 0 aliphatic rings. The molecule has 2 rings (SSSR count). The Labute approximate surface area is 128 Å². The van der Waals surface area contributed by atoms with Crippen LogP contribution < -0.4 is 5.32 Å². The molecular weight excluding hydrogens is 288 g/mol. The van der Waals surface area contributed by atoms with Gasteiger partial charge in [0.05, 0.1) is 11.6 Å². The van der Waals surface area contributed by atoms with Crippen molar-refractivity contribution < 1.29 is 9.90 Å². The second-order valence-electron chi connectivity index (χ2n) is 4.35. The summed E-state index contributed by atoms with van der Waals surface area (Å²) in [6.07, 6.45) is 1.99. The molecule has 1 aromatic heterocycles. The normalized spacial score (nSPS) is 9.81. The number of carbonyl (C=O) groups is 1. The van der Waals surface area contributed by atoms with Gasteiger partial charge in [0, 0.05) is 24.7 Å². The zero-order valence-corrected chi connectivity index (χ0v) is 12.1. The summed E-state index contributed by atoms with van der Waals surface area (Å²) in [6.45, 7) is 0.416. The number of aromatic amines is 1. The first-order valence-corrected chi connectivity index (χ1v) is 6.88. The highest BCUT2D eigenvalue weighted by Gasteiger charge is 2.08. The molecule has 0 aliphatic heterocycles. The first-order chi connectivity index (χ1) is 10.2. The Morgan fingerprint density at radius 3 is 2.90 bits per heavy atom. The molecule has 3 N–H and O–H groups in total. The molecule has 0 fully saturated rings. The smallest absolute Gasteiger partial charge is 0.268 e. The van der Waals surface area contributed by atoms with Gasteiger partial charge >= 0.3 is 0 Å². The Morgan fingerprint density at radius 1 is 1.38 bits per heavy atom. The van der Waals surface area contributed by atoms with Crippen LogP contribution in [0.25, 0.3) is 0 Å². The van der Waals surface area contributed by atoms with Gasteiger partial charge in [-0.3, -0.25) is 4.79 Å². The summed E-state index contributed by atoms with van der Waals surface area (Å²) >= 11 is 5.77. The van der Waals surface area contributed by atoms with Crippen LogP contribution in [0.4, 0.5) is 0 Å². The highest BCUT2D eigenvalue weighted by molar-refractivity contribution is 6.30. The number of hydrogen-bond acceptors (Lipinski definition) is 2. The van der Waals surface area contributed by atoms with Crippen LogP contribution in [0, 0.1) is 11.8 Å². The van der Waals surface area contributed by atoms with E-state index in [-0.39, 0.29) is 12.5 Å². The number of rotatable bonds is 4. The number of carbonyl (C=O) groups excluding carboxylic acids is 1. The number of aromatic nitrogens is 1. The summed E-state index contributed by atoms with van der Waals surface area (Å²) in [5, 5.41) is 12.1. The van der Waals surface area contributed by atoms with Gasteiger partial charge in [-0.1, -0.05) is 41.6 Å². The van der Waals surface area contributed by atoms with Crippen LogP contribution in [0.1, 0.15) is 28.0 Å². The third kappa shape index (κ3) is 4.38. The van der Waals surface area contributed by atoms with Crippen molar-refractivity contribution >= 4 is 17.5 Å². The van der Waals surface area contributed by atoms with Crippen molar-refractivity contribution in [3.8, 4) is 11.8 Å². The number of H-pyrrole nitrogens is 1. The van der Waals surface area contributed by atoms with Crippen molar-refractivity contribution in [3.63, 3.8) is 0 Å². The third-order valence-electron chi connectivity index (χ3n) is 2.81. The lowest BCUT2D eigenvalue weighted by Gasteiger charge is -2.06. The van der Waals surface area contributed by atoms with Crippen LogP contribution in [0.3, 0.4) is 0 Å². The molecule has 0 bridgehead atoms. The summed E-state index contributed by atoms with van der Waals surface area (Å²) in [4.78, 5) is 14.7. The molecule has 108 valence electrons. The molecule has 0 radical (unpaired) electrons. The second kappa shape index (κ2) is 7.53. The van der Waals surface area contributed by atoms with Gasteiger partial charge in [0.1, 0.15) is 5.69 Å². The predicted octanol–water partition coefficient (Wildman–Crippen LogP) is 2.33.